The van der Waals surface area contributed by atoms with Gasteiger partial charge in [-0.15, -0.1) is 0 Å². The Kier molecular flexibility index (Phi) is 4.13. The molecule has 0 bridgehead atoms. The van der Waals surface area contributed by atoms with Crippen LogP contribution in [0, 0.1) is 5.82 Å². The summed E-state index contributed by atoms with van der Waals surface area (Å²) in [5, 5.41) is 2.10. The van der Waals surface area contributed by atoms with E-state index in [0.29, 0.717) is 5.88 Å². The van der Waals surface area contributed by atoms with Gasteiger partial charge in [0.1, 0.15) is 17.1 Å². The topological polar surface area (TPSA) is 42.8 Å². The molecule has 5 heteroatoms. The second-order valence-corrected chi connectivity index (χ2v) is 8.40. The van der Waals surface area contributed by atoms with Gasteiger partial charge in [0.25, 0.3) is 0 Å². The molecule has 4 nitrogen and oxygen atoms in total. The Balaban J connectivity index is 1.77. The summed E-state index contributed by atoms with van der Waals surface area (Å²) in [6, 6.07) is 20.8. The molecule has 0 saturated heterocycles. The summed E-state index contributed by atoms with van der Waals surface area (Å²) < 4.78 is 21.7. The van der Waals surface area contributed by atoms with E-state index < -0.39 is 0 Å². The number of hydrogen-bond donors (Lipinski definition) is 1. The molecule has 30 heavy (non-hydrogen) atoms. The number of pyridine rings is 1. The van der Waals surface area contributed by atoms with E-state index in [9.17, 15) is 4.39 Å². The van der Waals surface area contributed by atoms with Gasteiger partial charge >= 0.3 is 0 Å². The number of hydrogen-bond acceptors (Lipinski definition) is 2. The van der Waals surface area contributed by atoms with Crippen LogP contribution in [0.2, 0.25) is 0 Å². The zero-order valence-corrected chi connectivity index (χ0v) is 17.1. The van der Waals surface area contributed by atoms with Crippen LogP contribution in [-0.2, 0) is 0 Å². The lowest BCUT2D eigenvalue weighted by Gasteiger charge is -2.20. The second kappa shape index (κ2) is 6.73. The van der Waals surface area contributed by atoms with Gasteiger partial charge < -0.3 is 9.72 Å². The van der Waals surface area contributed by atoms with Crippen molar-refractivity contribution in [1.29, 1.82) is 0 Å². The first-order valence-corrected chi connectivity index (χ1v) is 9.92. The maximum Gasteiger partial charge on any atom is 0.215 e. The van der Waals surface area contributed by atoms with Crippen molar-refractivity contribution >= 4 is 21.9 Å². The fourth-order valence-electron chi connectivity index (χ4n) is 3.70. The lowest BCUT2D eigenvalue weighted by molar-refractivity contribution is 0.124. The van der Waals surface area contributed by atoms with E-state index in [-0.39, 0.29) is 11.4 Å². The number of nitrogens with one attached hydrogen (secondary N) is 1. The van der Waals surface area contributed by atoms with Crippen molar-refractivity contribution in [1.82, 2.24) is 14.5 Å². The molecule has 0 aliphatic rings. The molecule has 2 aromatic carbocycles. The first-order valence-electron chi connectivity index (χ1n) is 9.92. The van der Waals surface area contributed by atoms with Crippen molar-refractivity contribution in [3.8, 4) is 22.8 Å². The van der Waals surface area contributed by atoms with Gasteiger partial charge in [-0.25, -0.2) is 4.39 Å². The molecule has 3 heterocycles. The quantitative estimate of drug-likeness (QED) is 0.377. The summed E-state index contributed by atoms with van der Waals surface area (Å²) in [7, 11) is 0. The van der Waals surface area contributed by atoms with E-state index in [4.69, 9.17) is 9.72 Å². The summed E-state index contributed by atoms with van der Waals surface area (Å²) in [5.41, 5.74) is 4.37. The molecule has 0 aliphatic heterocycles. The van der Waals surface area contributed by atoms with Crippen LogP contribution in [0.1, 0.15) is 20.8 Å². The van der Waals surface area contributed by atoms with Crippen LogP contribution in [-0.4, -0.2) is 20.1 Å². The summed E-state index contributed by atoms with van der Waals surface area (Å²) >= 11 is 0. The van der Waals surface area contributed by atoms with Crippen LogP contribution >= 0.6 is 0 Å². The highest BCUT2D eigenvalue weighted by Gasteiger charge is 2.18. The van der Waals surface area contributed by atoms with Crippen LogP contribution in [0.3, 0.4) is 0 Å². The molecule has 1 N–H and O–H groups in total. The van der Waals surface area contributed by atoms with Crippen LogP contribution in [0.25, 0.3) is 38.9 Å². The molecule has 0 saturated carbocycles. The molecular formula is C25H22FN3O. The number of aromatic nitrogens is 3. The lowest BCUT2D eigenvalue weighted by atomic mass is 10.1. The fourth-order valence-corrected chi connectivity index (χ4v) is 3.70. The normalized spacial score (nSPS) is 12.0. The van der Waals surface area contributed by atoms with Crippen molar-refractivity contribution in [2.45, 2.75) is 26.4 Å². The number of H-pyrrole nitrogens is 1. The van der Waals surface area contributed by atoms with Crippen LogP contribution in [0.15, 0.2) is 72.9 Å². The van der Waals surface area contributed by atoms with Crippen molar-refractivity contribution in [2.24, 2.45) is 0 Å². The minimum absolute atomic E-state index is 0.255. The molecule has 0 fully saturated rings. The third kappa shape index (κ3) is 3.32. The van der Waals surface area contributed by atoms with Crippen LogP contribution in [0.4, 0.5) is 4.39 Å². The Hall–Kier alpha value is -3.60. The number of benzene rings is 2. The van der Waals surface area contributed by atoms with Gasteiger partial charge in [-0.1, -0.05) is 0 Å². The monoisotopic (exact) mass is 399 g/mol. The number of nitrogens with zero attached hydrogens (tertiary/aromatic N) is 2. The smallest absolute Gasteiger partial charge is 0.215 e. The molecule has 0 atom stereocenters. The van der Waals surface area contributed by atoms with E-state index in [1.54, 1.807) is 12.1 Å². The third-order valence-electron chi connectivity index (χ3n) is 4.97. The Bertz CT molecular complexity index is 1360. The number of rotatable bonds is 3. The maximum absolute atomic E-state index is 13.5. The first-order chi connectivity index (χ1) is 14.4. The number of aromatic amines is 1. The summed E-state index contributed by atoms with van der Waals surface area (Å²) in [4.78, 5) is 8.06. The highest BCUT2D eigenvalue weighted by molar-refractivity contribution is 5.89. The summed E-state index contributed by atoms with van der Waals surface area (Å²) in [6.07, 6.45) is 1.93. The second-order valence-electron chi connectivity index (χ2n) is 8.40. The Morgan fingerprint density at radius 2 is 1.70 bits per heavy atom. The maximum atomic E-state index is 13.5. The van der Waals surface area contributed by atoms with Crippen LogP contribution < -0.4 is 4.74 Å². The SMILES string of the molecule is CC(C)(C)Oc1ccc2cc(-c3ccc(F)cc3)n(-c3ccc4[nH]ccc4c3)c2n1. The molecule has 0 unspecified atom stereocenters. The van der Waals surface area contributed by atoms with Crippen molar-refractivity contribution < 1.29 is 9.13 Å². The Morgan fingerprint density at radius 3 is 2.47 bits per heavy atom. The van der Waals surface area contributed by atoms with Gasteiger partial charge in [0.2, 0.25) is 5.88 Å². The minimum atomic E-state index is -0.345. The summed E-state index contributed by atoms with van der Waals surface area (Å²) in [6.45, 7) is 6.01. The van der Waals surface area contributed by atoms with E-state index in [0.717, 1.165) is 38.9 Å². The molecule has 0 aliphatic carbocycles. The molecular weight excluding hydrogens is 377 g/mol. The van der Waals surface area contributed by atoms with E-state index >= 15 is 0 Å². The van der Waals surface area contributed by atoms with Gasteiger partial charge in [0.15, 0.2) is 0 Å². The predicted octanol–water partition coefficient (Wildman–Crippen LogP) is 6.49. The molecule has 3 aromatic heterocycles. The Labute approximate surface area is 173 Å². The fraction of sp³-hybridized carbons (Fsp3) is 0.160. The summed E-state index contributed by atoms with van der Waals surface area (Å²) in [5.74, 6) is 0.317. The molecule has 150 valence electrons. The largest absolute Gasteiger partial charge is 0.472 e. The first kappa shape index (κ1) is 18.4. The van der Waals surface area contributed by atoms with E-state index in [1.165, 1.54) is 12.1 Å². The zero-order chi connectivity index (χ0) is 20.9. The number of ether oxygens (including phenoxy) is 1. The van der Waals surface area contributed by atoms with Crippen molar-refractivity contribution in [3.63, 3.8) is 0 Å². The molecule has 0 amide bonds. The molecule has 0 radical (unpaired) electrons. The van der Waals surface area contributed by atoms with Gasteiger partial charge in [-0.05, 0) is 87.0 Å². The molecule has 5 rings (SSSR count). The number of halogens is 1. The van der Waals surface area contributed by atoms with Crippen LogP contribution in [0.5, 0.6) is 5.88 Å². The molecule has 5 aromatic rings. The third-order valence-corrected chi connectivity index (χ3v) is 4.97. The average Bonchev–Trinajstić information content (AvgIpc) is 3.30. The highest BCUT2D eigenvalue weighted by Crippen LogP contribution is 2.33. The van der Waals surface area contributed by atoms with Gasteiger partial charge in [0.05, 0.1) is 5.69 Å². The predicted molar refractivity (Wildman–Crippen MR) is 119 cm³/mol. The van der Waals surface area contributed by atoms with Crippen molar-refractivity contribution in [2.75, 3.05) is 0 Å². The minimum Gasteiger partial charge on any atom is -0.472 e. The Morgan fingerprint density at radius 1 is 0.900 bits per heavy atom. The lowest BCUT2D eigenvalue weighted by Crippen LogP contribution is -2.23. The average molecular weight is 399 g/mol. The van der Waals surface area contributed by atoms with Gasteiger partial charge in [-0.2, -0.15) is 4.98 Å². The van der Waals surface area contributed by atoms with Gasteiger partial charge in [0, 0.05) is 34.2 Å². The van der Waals surface area contributed by atoms with E-state index in [1.807, 2.05) is 45.2 Å². The number of fused-ring (bicyclic) bond motifs is 2. The van der Waals surface area contributed by atoms with Crippen molar-refractivity contribution in [3.05, 3.63) is 78.7 Å². The molecule has 0 spiro atoms. The van der Waals surface area contributed by atoms with Gasteiger partial charge in [-0.3, -0.25) is 4.57 Å². The zero-order valence-electron chi connectivity index (χ0n) is 17.1. The standard InChI is InChI=1S/C25H22FN3O/c1-25(2,3)30-23-11-6-18-15-22(16-4-7-19(26)8-5-16)29(24(18)28-23)20-9-10-21-17(14-20)12-13-27-21/h4-15,27H,1-3H3. The van der Waals surface area contributed by atoms with E-state index in [2.05, 4.69) is 33.8 Å². The highest BCUT2D eigenvalue weighted by atomic mass is 19.1.